The van der Waals surface area contributed by atoms with E-state index in [4.69, 9.17) is 0 Å². The smallest absolute Gasteiger partial charge is 0.336 e. The van der Waals surface area contributed by atoms with Crippen LogP contribution in [0.5, 0.6) is 0 Å². The second kappa shape index (κ2) is 8.95. The summed E-state index contributed by atoms with van der Waals surface area (Å²) < 4.78 is 4.40. The van der Waals surface area contributed by atoms with Gasteiger partial charge in [0.05, 0.1) is 13.7 Å². The fourth-order valence-electron chi connectivity index (χ4n) is 2.77. The minimum absolute atomic E-state index is 0.0257. The standard InChI is InChI=1S/C15H27NO4/c1-3-4-5-11-6-8-12(9-7-11)14(18)16-10-13(17)15(19)20-2/h11-13,17H,3-10H2,1-2H3,(H,16,18). The Bertz CT molecular complexity index is 311. The van der Waals surface area contributed by atoms with Crippen molar-refractivity contribution < 1.29 is 19.4 Å². The zero-order chi connectivity index (χ0) is 15.0. The van der Waals surface area contributed by atoms with Gasteiger partial charge >= 0.3 is 5.97 Å². The summed E-state index contributed by atoms with van der Waals surface area (Å²) in [5.74, 6) is 0.0212. The van der Waals surface area contributed by atoms with Crippen molar-refractivity contribution in [3.63, 3.8) is 0 Å². The molecule has 20 heavy (non-hydrogen) atoms. The second-order valence-electron chi connectivity index (χ2n) is 5.64. The van der Waals surface area contributed by atoms with Crippen LogP contribution in [0.2, 0.25) is 0 Å². The van der Waals surface area contributed by atoms with Gasteiger partial charge in [-0.15, -0.1) is 0 Å². The van der Waals surface area contributed by atoms with Gasteiger partial charge in [0, 0.05) is 5.92 Å². The van der Waals surface area contributed by atoms with E-state index in [0.29, 0.717) is 0 Å². The van der Waals surface area contributed by atoms with E-state index in [0.717, 1.165) is 31.6 Å². The van der Waals surface area contributed by atoms with Gasteiger partial charge in [0.2, 0.25) is 5.91 Å². The molecule has 0 spiro atoms. The summed E-state index contributed by atoms with van der Waals surface area (Å²) in [4.78, 5) is 23.0. The van der Waals surface area contributed by atoms with Crippen LogP contribution in [0.3, 0.4) is 0 Å². The summed E-state index contributed by atoms with van der Waals surface area (Å²) in [6.45, 7) is 2.13. The maximum absolute atomic E-state index is 12.0. The number of ether oxygens (including phenoxy) is 1. The molecule has 1 aliphatic carbocycles. The zero-order valence-electron chi connectivity index (χ0n) is 12.6. The van der Waals surface area contributed by atoms with E-state index in [1.54, 1.807) is 0 Å². The lowest BCUT2D eigenvalue weighted by molar-refractivity contribution is -0.150. The van der Waals surface area contributed by atoms with Gasteiger partial charge in [-0.05, 0) is 31.6 Å². The number of hydrogen-bond acceptors (Lipinski definition) is 4. The van der Waals surface area contributed by atoms with E-state index >= 15 is 0 Å². The van der Waals surface area contributed by atoms with Crippen LogP contribution in [-0.2, 0) is 14.3 Å². The van der Waals surface area contributed by atoms with Crippen LogP contribution in [0.25, 0.3) is 0 Å². The summed E-state index contributed by atoms with van der Waals surface area (Å²) in [7, 11) is 1.21. The van der Waals surface area contributed by atoms with Crippen molar-refractivity contribution in [3.8, 4) is 0 Å². The number of carbonyl (C=O) groups is 2. The molecule has 5 nitrogen and oxygen atoms in total. The largest absolute Gasteiger partial charge is 0.467 e. The number of aliphatic hydroxyl groups is 1. The number of amides is 1. The molecule has 0 aromatic heterocycles. The Hall–Kier alpha value is -1.10. The highest BCUT2D eigenvalue weighted by molar-refractivity contribution is 5.80. The van der Waals surface area contributed by atoms with E-state index in [2.05, 4.69) is 17.0 Å². The first-order valence-corrected chi connectivity index (χ1v) is 7.62. The predicted octanol–water partition coefficient (Wildman–Crippen LogP) is 1.63. The molecule has 1 aliphatic rings. The Balaban J connectivity index is 2.24. The summed E-state index contributed by atoms with van der Waals surface area (Å²) in [6.07, 6.45) is 6.54. The van der Waals surface area contributed by atoms with Gasteiger partial charge < -0.3 is 15.2 Å². The number of unbranched alkanes of at least 4 members (excludes halogenated alkanes) is 1. The molecule has 0 radical (unpaired) electrons. The highest BCUT2D eigenvalue weighted by Gasteiger charge is 2.26. The molecule has 1 atom stereocenters. The fourth-order valence-corrected chi connectivity index (χ4v) is 2.77. The van der Waals surface area contributed by atoms with Gasteiger partial charge in [0.25, 0.3) is 0 Å². The molecule has 1 unspecified atom stereocenters. The van der Waals surface area contributed by atoms with Gasteiger partial charge in [0.15, 0.2) is 6.10 Å². The van der Waals surface area contributed by atoms with Gasteiger partial charge in [0.1, 0.15) is 0 Å². The van der Waals surface area contributed by atoms with Crippen molar-refractivity contribution in [3.05, 3.63) is 0 Å². The molecule has 1 amide bonds. The third kappa shape index (κ3) is 5.49. The van der Waals surface area contributed by atoms with E-state index in [1.807, 2.05) is 0 Å². The van der Waals surface area contributed by atoms with Gasteiger partial charge in [-0.1, -0.05) is 26.2 Å². The van der Waals surface area contributed by atoms with Crippen molar-refractivity contribution in [1.29, 1.82) is 0 Å². The molecule has 0 bridgehead atoms. The van der Waals surface area contributed by atoms with E-state index in [9.17, 15) is 14.7 Å². The first kappa shape index (κ1) is 17.0. The van der Waals surface area contributed by atoms with Crippen molar-refractivity contribution in [1.82, 2.24) is 5.32 Å². The van der Waals surface area contributed by atoms with Crippen LogP contribution < -0.4 is 5.32 Å². The molecule has 1 rings (SSSR count). The maximum atomic E-state index is 12.0. The third-order valence-corrected chi connectivity index (χ3v) is 4.13. The number of rotatable bonds is 7. The molecular formula is C15H27NO4. The topological polar surface area (TPSA) is 75.6 Å². The van der Waals surface area contributed by atoms with Crippen molar-refractivity contribution >= 4 is 11.9 Å². The molecule has 0 heterocycles. The van der Waals surface area contributed by atoms with E-state index in [-0.39, 0.29) is 18.4 Å². The molecule has 2 N–H and O–H groups in total. The maximum Gasteiger partial charge on any atom is 0.336 e. The second-order valence-corrected chi connectivity index (χ2v) is 5.64. The minimum Gasteiger partial charge on any atom is -0.467 e. The lowest BCUT2D eigenvalue weighted by Crippen LogP contribution is -2.40. The zero-order valence-corrected chi connectivity index (χ0v) is 12.6. The normalized spacial score (nSPS) is 23.9. The Morgan fingerprint density at radius 3 is 2.50 bits per heavy atom. The highest BCUT2D eigenvalue weighted by atomic mass is 16.5. The molecule has 0 saturated heterocycles. The van der Waals surface area contributed by atoms with Gasteiger partial charge in [-0.3, -0.25) is 4.79 Å². The molecule has 1 saturated carbocycles. The quantitative estimate of drug-likeness (QED) is 0.697. The summed E-state index contributed by atoms with van der Waals surface area (Å²) >= 11 is 0. The predicted molar refractivity (Wildman–Crippen MR) is 76.0 cm³/mol. The number of nitrogens with one attached hydrogen (secondary N) is 1. The van der Waals surface area contributed by atoms with Crippen LogP contribution in [0.1, 0.15) is 51.9 Å². The monoisotopic (exact) mass is 285 g/mol. The van der Waals surface area contributed by atoms with Crippen LogP contribution in [0, 0.1) is 11.8 Å². The Labute approximate surface area is 121 Å². The van der Waals surface area contributed by atoms with E-state index in [1.165, 1.54) is 26.4 Å². The Morgan fingerprint density at radius 1 is 1.30 bits per heavy atom. The van der Waals surface area contributed by atoms with E-state index < -0.39 is 12.1 Å². The van der Waals surface area contributed by atoms with Gasteiger partial charge in [-0.25, -0.2) is 4.79 Å². The summed E-state index contributed by atoms with van der Waals surface area (Å²) in [6, 6.07) is 0. The van der Waals surface area contributed by atoms with Crippen molar-refractivity contribution in [2.24, 2.45) is 11.8 Å². The molecule has 0 aromatic rings. The van der Waals surface area contributed by atoms with Crippen LogP contribution in [-0.4, -0.2) is 36.7 Å². The summed E-state index contributed by atoms with van der Waals surface area (Å²) in [5.41, 5.74) is 0. The fraction of sp³-hybridized carbons (Fsp3) is 0.867. The molecule has 1 fully saturated rings. The lowest BCUT2D eigenvalue weighted by atomic mass is 9.79. The summed E-state index contributed by atoms with van der Waals surface area (Å²) in [5, 5.41) is 12.1. The first-order chi connectivity index (χ1) is 9.58. The molecule has 0 aromatic carbocycles. The van der Waals surface area contributed by atoms with Crippen LogP contribution in [0.4, 0.5) is 0 Å². The molecule has 5 heteroatoms. The van der Waals surface area contributed by atoms with Crippen molar-refractivity contribution in [2.75, 3.05) is 13.7 Å². The third-order valence-electron chi connectivity index (χ3n) is 4.13. The van der Waals surface area contributed by atoms with Crippen LogP contribution >= 0.6 is 0 Å². The Kier molecular flexibility index (Phi) is 7.59. The van der Waals surface area contributed by atoms with Gasteiger partial charge in [-0.2, -0.15) is 0 Å². The number of esters is 1. The molecule has 0 aliphatic heterocycles. The average Bonchev–Trinajstić information content (AvgIpc) is 2.49. The molecular weight excluding hydrogens is 258 g/mol. The number of hydrogen-bond donors (Lipinski definition) is 2. The number of methoxy groups -OCH3 is 1. The lowest BCUT2D eigenvalue weighted by Gasteiger charge is -2.27. The Morgan fingerprint density at radius 2 is 1.95 bits per heavy atom. The molecule has 116 valence electrons. The van der Waals surface area contributed by atoms with Crippen molar-refractivity contribution in [2.45, 2.75) is 58.0 Å². The SMILES string of the molecule is CCCCC1CCC(C(=O)NCC(O)C(=O)OC)CC1. The number of aliphatic hydroxyl groups excluding tert-OH is 1. The number of carbonyl (C=O) groups excluding carboxylic acids is 2. The highest BCUT2D eigenvalue weighted by Crippen LogP contribution is 2.31. The first-order valence-electron chi connectivity index (χ1n) is 7.62. The minimum atomic E-state index is -1.27. The van der Waals surface area contributed by atoms with Crippen LogP contribution in [0.15, 0.2) is 0 Å². The average molecular weight is 285 g/mol.